The van der Waals surface area contributed by atoms with Gasteiger partial charge in [-0.3, -0.25) is 0 Å². The second-order valence-electron chi connectivity index (χ2n) is 10.6. The highest BCUT2D eigenvalue weighted by Gasteiger charge is 2.27. The molecule has 1 aliphatic carbocycles. The summed E-state index contributed by atoms with van der Waals surface area (Å²) >= 11 is 5.87. The van der Waals surface area contributed by atoms with Crippen LogP contribution in [0, 0.1) is 11.7 Å². The minimum atomic E-state index is -1.05. The molecule has 10 heteroatoms. The maximum absolute atomic E-state index is 14.2. The molecular formula is C30H30ClFN4O4. The Labute approximate surface area is 236 Å². The third-order valence-corrected chi connectivity index (χ3v) is 8.03. The van der Waals surface area contributed by atoms with Crippen LogP contribution in [0.1, 0.15) is 59.7 Å². The highest BCUT2D eigenvalue weighted by atomic mass is 35.5. The van der Waals surface area contributed by atoms with Crippen molar-refractivity contribution in [1.82, 2.24) is 19.5 Å². The summed E-state index contributed by atoms with van der Waals surface area (Å²) in [5.41, 5.74) is 2.61. The van der Waals surface area contributed by atoms with Gasteiger partial charge in [0.1, 0.15) is 23.3 Å². The number of hydrogen-bond donors (Lipinski definition) is 1. The number of fused-ring (bicyclic) bond motifs is 1. The first-order valence-electron chi connectivity index (χ1n) is 13.7. The Bertz CT molecular complexity index is 1530. The number of rotatable bonds is 9. The van der Waals surface area contributed by atoms with Gasteiger partial charge in [0.25, 0.3) is 0 Å². The number of hydrogen-bond acceptors (Lipinski definition) is 6. The predicted octanol–water partition coefficient (Wildman–Crippen LogP) is 5.88. The van der Waals surface area contributed by atoms with Crippen LogP contribution >= 0.6 is 11.6 Å². The molecule has 1 saturated heterocycles. The van der Waals surface area contributed by atoms with Gasteiger partial charge >= 0.3 is 5.97 Å². The number of carboxylic acid groups (broad SMARTS) is 1. The van der Waals surface area contributed by atoms with Gasteiger partial charge in [-0.1, -0.05) is 23.7 Å². The van der Waals surface area contributed by atoms with E-state index in [0.29, 0.717) is 46.5 Å². The fourth-order valence-electron chi connectivity index (χ4n) is 5.51. The molecule has 3 aromatic heterocycles. The number of aromatic nitrogens is 4. The molecule has 40 heavy (non-hydrogen) atoms. The predicted molar refractivity (Wildman–Crippen MR) is 147 cm³/mol. The summed E-state index contributed by atoms with van der Waals surface area (Å²) < 4.78 is 28.2. The number of halogens is 2. The Hall–Kier alpha value is -3.56. The Morgan fingerprint density at radius 3 is 2.62 bits per heavy atom. The summed E-state index contributed by atoms with van der Waals surface area (Å²) in [6.07, 6.45) is 6.06. The van der Waals surface area contributed by atoms with E-state index in [0.717, 1.165) is 56.7 Å². The molecule has 0 spiro atoms. The molecule has 1 N–H and O–H groups in total. The number of pyridine rings is 2. The molecule has 4 heterocycles. The van der Waals surface area contributed by atoms with Crippen LogP contribution in [0.2, 0.25) is 5.02 Å². The van der Waals surface area contributed by atoms with Crippen molar-refractivity contribution in [1.29, 1.82) is 0 Å². The average Bonchev–Trinajstić information content (AvgIpc) is 3.25. The summed E-state index contributed by atoms with van der Waals surface area (Å²) in [7, 11) is 0. The second-order valence-corrected chi connectivity index (χ2v) is 11.0. The standard InChI is InChI=1S/C30H30ClFN4O4/c31-20-7-6-19(24(32)16-20)15-21-2-1-3-28(33-21)40-22-8-4-18(5-9-22)14-27-34-25-10-11-26(30(37)38)35-29(25)36(27)17-23-12-13-39-23/h1-3,6-7,10-11,16,18,22-23H,4-5,8-9,12-15,17H2,(H,37,38). The summed E-state index contributed by atoms with van der Waals surface area (Å²) in [6, 6.07) is 13.5. The molecule has 1 aromatic carbocycles. The van der Waals surface area contributed by atoms with Crippen LogP contribution in [0.15, 0.2) is 48.5 Å². The van der Waals surface area contributed by atoms with E-state index in [9.17, 15) is 14.3 Å². The summed E-state index contributed by atoms with van der Waals surface area (Å²) in [6.45, 7) is 1.38. The van der Waals surface area contributed by atoms with E-state index in [1.807, 2.05) is 22.8 Å². The third kappa shape index (κ3) is 5.95. The van der Waals surface area contributed by atoms with E-state index in [-0.39, 0.29) is 23.7 Å². The quantitative estimate of drug-likeness (QED) is 0.271. The van der Waals surface area contributed by atoms with Crippen LogP contribution in [0.5, 0.6) is 5.88 Å². The lowest BCUT2D eigenvalue weighted by molar-refractivity contribution is -0.0591. The van der Waals surface area contributed by atoms with Crippen molar-refractivity contribution in [2.24, 2.45) is 5.92 Å². The molecule has 1 saturated carbocycles. The molecule has 1 aliphatic heterocycles. The Kier molecular flexibility index (Phi) is 7.67. The normalized spacial score (nSPS) is 20.8. The van der Waals surface area contributed by atoms with Crippen molar-refractivity contribution >= 4 is 28.7 Å². The molecule has 6 rings (SSSR count). The largest absolute Gasteiger partial charge is 0.477 e. The van der Waals surface area contributed by atoms with Crippen LogP contribution < -0.4 is 4.74 Å². The zero-order valence-corrected chi connectivity index (χ0v) is 22.7. The van der Waals surface area contributed by atoms with E-state index in [1.54, 1.807) is 18.2 Å². The maximum Gasteiger partial charge on any atom is 0.354 e. The zero-order valence-electron chi connectivity index (χ0n) is 21.9. The van der Waals surface area contributed by atoms with Crippen LogP contribution in [-0.2, 0) is 24.1 Å². The van der Waals surface area contributed by atoms with E-state index in [2.05, 4.69) is 9.97 Å². The topological polar surface area (TPSA) is 99.4 Å². The Morgan fingerprint density at radius 1 is 1.07 bits per heavy atom. The Balaban J connectivity index is 1.09. The first-order chi connectivity index (χ1) is 19.4. The van der Waals surface area contributed by atoms with Crippen LogP contribution in [0.4, 0.5) is 4.39 Å². The number of carbonyl (C=O) groups is 1. The summed E-state index contributed by atoms with van der Waals surface area (Å²) in [5.74, 6) is 0.521. The van der Waals surface area contributed by atoms with E-state index in [4.69, 9.17) is 26.1 Å². The van der Waals surface area contributed by atoms with Gasteiger partial charge in [-0.05, 0) is 73.9 Å². The lowest BCUT2D eigenvalue weighted by Gasteiger charge is -2.30. The fourth-order valence-corrected chi connectivity index (χ4v) is 5.67. The van der Waals surface area contributed by atoms with Crippen LogP contribution in [0.3, 0.4) is 0 Å². The van der Waals surface area contributed by atoms with Gasteiger partial charge in [0.15, 0.2) is 11.3 Å². The third-order valence-electron chi connectivity index (χ3n) is 7.79. The second kappa shape index (κ2) is 11.5. The van der Waals surface area contributed by atoms with Crippen molar-refractivity contribution in [3.8, 4) is 5.88 Å². The molecule has 0 radical (unpaired) electrons. The molecule has 208 valence electrons. The lowest BCUT2D eigenvalue weighted by atomic mass is 9.85. The van der Waals surface area contributed by atoms with Gasteiger partial charge in [-0.2, -0.15) is 0 Å². The molecular weight excluding hydrogens is 535 g/mol. The number of benzene rings is 1. The summed E-state index contributed by atoms with van der Waals surface area (Å²) in [5, 5.41) is 9.79. The minimum Gasteiger partial charge on any atom is -0.477 e. The minimum absolute atomic E-state index is 0.0170. The number of carboxylic acids is 1. The van der Waals surface area contributed by atoms with Crippen molar-refractivity contribution in [3.63, 3.8) is 0 Å². The van der Waals surface area contributed by atoms with Crippen molar-refractivity contribution < 1.29 is 23.8 Å². The van der Waals surface area contributed by atoms with Crippen molar-refractivity contribution in [3.05, 3.63) is 82.1 Å². The zero-order chi connectivity index (χ0) is 27.6. The molecule has 0 bridgehead atoms. The van der Waals surface area contributed by atoms with Crippen molar-refractivity contribution in [2.75, 3.05) is 6.61 Å². The fraction of sp³-hybridized carbons (Fsp3) is 0.400. The molecule has 1 unspecified atom stereocenters. The van der Waals surface area contributed by atoms with Crippen LogP contribution in [-0.4, -0.2) is 49.4 Å². The van der Waals surface area contributed by atoms with Crippen molar-refractivity contribution in [2.45, 2.75) is 63.7 Å². The van der Waals surface area contributed by atoms with Gasteiger partial charge in [-0.25, -0.2) is 24.1 Å². The molecule has 1 atom stereocenters. The van der Waals surface area contributed by atoms with E-state index < -0.39 is 5.97 Å². The van der Waals surface area contributed by atoms with Gasteiger partial charge in [0.2, 0.25) is 5.88 Å². The van der Waals surface area contributed by atoms with Gasteiger partial charge in [0.05, 0.1) is 12.6 Å². The number of ether oxygens (including phenoxy) is 2. The highest BCUT2D eigenvalue weighted by molar-refractivity contribution is 6.30. The first-order valence-corrected chi connectivity index (χ1v) is 14.1. The van der Waals surface area contributed by atoms with Gasteiger partial charge in [-0.15, -0.1) is 0 Å². The molecule has 2 aliphatic rings. The smallest absolute Gasteiger partial charge is 0.354 e. The van der Waals surface area contributed by atoms with Gasteiger partial charge < -0.3 is 19.1 Å². The van der Waals surface area contributed by atoms with E-state index in [1.165, 1.54) is 12.1 Å². The monoisotopic (exact) mass is 564 g/mol. The van der Waals surface area contributed by atoms with Gasteiger partial charge in [0, 0.05) is 36.2 Å². The summed E-state index contributed by atoms with van der Waals surface area (Å²) in [4.78, 5) is 25.3. The van der Waals surface area contributed by atoms with Crippen LogP contribution in [0.25, 0.3) is 11.2 Å². The lowest BCUT2D eigenvalue weighted by Crippen LogP contribution is -2.32. The Morgan fingerprint density at radius 2 is 1.90 bits per heavy atom. The van der Waals surface area contributed by atoms with E-state index >= 15 is 0 Å². The number of imidazole rings is 1. The molecule has 8 nitrogen and oxygen atoms in total. The SMILES string of the molecule is O=C(O)c1ccc2nc(CC3CCC(Oc4cccc(Cc5ccc(Cl)cc5F)n4)CC3)n(CC3CCO3)c2n1. The molecule has 0 amide bonds. The first kappa shape index (κ1) is 26.7. The highest BCUT2D eigenvalue weighted by Crippen LogP contribution is 2.31. The molecule has 4 aromatic rings. The maximum atomic E-state index is 14.2. The number of aromatic carboxylic acids is 1. The molecule has 2 fully saturated rings. The number of nitrogens with zero attached hydrogens (tertiary/aromatic N) is 4. The average molecular weight is 565 g/mol.